The second-order valence-electron chi connectivity index (χ2n) is 9.20. The predicted octanol–water partition coefficient (Wildman–Crippen LogP) is 3.30. The minimum Gasteiger partial charge on any atom is -0.493 e. The Labute approximate surface area is 155 Å². The van der Waals surface area contributed by atoms with Gasteiger partial charge in [-0.1, -0.05) is 26.3 Å². The highest BCUT2D eigenvalue weighted by Gasteiger charge is 2.79. The molecule has 4 nitrogen and oxygen atoms in total. The minimum atomic E-state index is -0.0430. The van der Waals surface area contributed by atoms with E-state index in [1.165, 1.54) is 37.1 Å². The molecule has 2 unspecified atom stereocenters. The number of hydrogen-bond acceptors (Lipinski definition) is 4. The van der Waals surface area contributed by atoms with E-state index < -0.39 is 0 Å². The number of fused-ring (bicyclic) bond motifs is 2. The predicted molar refractivity (Wildman–Crippen MR) is 99.1 cm³/mol. The zero-order valence-electron chi connectivity index (χ0n) is 16.1. The molecule has 140 valence electrons. The van der Waals surface area contributed by atoms with Gasteiger partial charge in [-0.2, -0.15) is 0 Å². The van der Waals surface area contributed by atoms with E-state index in [9.17, 15) is 0 Å². The third-order valence-electron chi connectivity index (χ3n) is 8.29. The minimum absolute atomic E-state index is 0.0430. The molecule has 4 heterocycles. The van der Waals surface area contributed by atoms with E-state index in [0.717, 1.165) is 36.7 Å². The molecular formula is C22H29NO3. The fourth-order valence-corrected chi connectivity index (χ4v) is 7.09. The van der Waals surface area contributed by atoms with E-state index in [1.54, 1.807) is 7.11 Å². The Morgan fingerprint density at radius 3 is 3.04 bits per heavy atom. The van der Waals surface area contributed by atoms with E-state index in [1.807, 2.05) is 0 Å². The summed E-state index contributed by atoms with van der Waals surface area (Å²) in [4.78, 5) is 2.76. The van der Waals surface area contributed by atoms with Crippen LogP contribution in [0.3, 0.4) is 0 Å². The van der Waals surface area contributed by atoms with Gasteiger partial charge in [0.1, 0.15) is 6.10 Å². The van der Waals surface area contributed by atoms with Crippen molar-refractivity contribution in [1.82, 2.24) is 4.90 Å². The second-order valence-corrected chi connectivity index (χ2v) is 9.20. The first-order valence-corrected chi connectivity index (χ1v) is 10.4. The molecule has 0 saturated carbocycles. The second kappa shape index (κ2) is 4.96. The summed E-state index contributed by atoms with van der Waals surface area (Å²) in [6.07, 6.45) is 6.27. The van der Waals surface area contributed by atoms with Crippen molar-refractivity contribution < 1.29 is 14.2 Å². The normalized spacial score (nSPS) is 42.5. The number of hydrogen-bond donors (Lipinski definition) is 0. The molecule has 0 N–H and O–H groups in total. The van der Waals surface area contributed by atoms with E-state index >= 15 is 0 Å². The standard InChI is InChI=1S/C22H29NO3/c1-4-13(2)12-23-10-9-21-18-14-5-6-15(24-3)19(18)25-20(21)16-7-8-22(21,26-16)17(23)11-14/h5-6,13,16-17,20H,4,7-12H2,1-3H3/t13?,16-,17-,20?,21+,22-/m0/s1. The third kappa shape index (κ3) is 1.53. The number of nitrogens with zero attached hydrogens (tertiary/aromatic N) is 1. The summed E-state index contributed by atoms with van der Waals surface area (Å²) in [5, 5.41) is 0. The lowest BCUT2D eigenvalue weighted by Gasteiger charge is -2.59. The van der Waals surface area contributed by atoms with Crippen LogP contribution >= 0.6 is 0 Å². The van der Waals surface area contributed by atoms with Gasteiger partial charge in [-0.15, -0.1) is 0 Å². The maximum absolute atomic E-state index is 6.85. The van der Waals surface area contributed by atoms with E-state index in [0.29, 0.717) is 6.04 Å². The van der Waals surface area contributed by atoms with Gasteiger partial charge < -0.3 is 14.2 Å². The number of benzene rings is 1. The average molecular weight is 355 g/mol. The van der Waals surface area contributed by atoms with Crippen molar-refractivity contribution in [2.75, 3.05) is 20.2 Å². The molecule has 4 heteroatoms. The Morgan fingerprint density at radius 1 is 1.35 bits per heavy atom. The summed E-state index contributed by atoms with van der Waals surface area (Å²) in [7, 11) is 1.76. The van der Waals surface area contributed by atoms with Crippen LogP contribution in [0.4, 0.5) is 0 Å². The van der Waals surface area contributed by atoms with Gasteiger partial charge in [0.25, 0.3) is 0 Å². The maximum atomic E-state index is 6.85. The third-order valence-corrected chi connectivity index (χ3v) is 8.29. The molecule has 0 radical (unpaired) electrons. The number of methoxy groups -OCH3 is 1. The molecular weight excluding hydrogens is 326 g/mol. The number of rotatable bonds is 4. The van der Waals surface area contributed by atoms with E-state index in [4.69, 9.17) is 14.2 Å². The summed E-state index contributed by atoms with van der Waals surface area (Å²) < 4.78 is 19.1. The Morgan fingerprint density at radius 2 is 2.23 bits per heavy atom. The molecule has 4 aliphatic heterocycles. The van der Waals surface area contributed by atoms with Crippen molar-refractivity contribution in [2.24, 2.45) is 5.92 Å². The lowest BCUT2D eigenvalue weighted by molar-refractivity contribution is -0.124. The highest BCUT2D eigenvalue weighted by Crippen LogP contribution is 2.71. The Hall–Kier alpha value is -1.26. The summed E-state index contributed by atoms with van der Waals surface area (Å²) in [5.74, 6) is 2.67. The lowest BCUT2D eigenvalue weighted by atomic mass is 9.51. The Bertz CT molecular complexity index is 779. The van der Waals surface area contributed by atoms with Gasteiger partial charge in [-0.25, -0.2) is 0 Å². The Kier molecular flexibility index (Phi) is 3.01. The van der Waals surface area contributed by atoms with Crippen LogP contribution in [0.15, 0.2) is 12.1 Å². The zero-order valence-corrected chi connectivity index (χ0v) is 16.1. The van der Waals surface area contributed by atoms with Gasteiger partial charge in [-0.3, -0.25) is 4.90 Å². The van der Waals surface area contributed by atoms with Gasteiger partial charge in [-0.05, 0) is 49.8 Å². The molecule has 3 fully saturated rings. The smallest absolute Gasteiger partial charge is 0.166 e. The van der Waals surface area contributed by atoms with Gasteiger partial charge in [0.05, 0.1) is 24.2 Å². The van der Waals surface area contributed by atoms with Crippen LogP contribution in [-0.4, -0.2) is 49.0 Å². The van der Waals surface area contributed by atoms with Gasteiger partial charge in [0.2, 0.25) is 0 Å². The molecule has 1 aliphatic carbocycles. The zero-order chi connectivity index (χ0) is 17.7. The van der Waals surface area contributed by atoms with Crippen LogP contribution in [0.1, 0.15) is 50.7 Å². The monoisotopic (exact) mass is 355 g/mol. The molecule has 26 heavy (non-hydrogen) atoms. The summed E-state index contributed by atoms with van der Waals surface area (Å²) >= 11 is 0. The van der Waals surface area contributed by atoms with Gasteiger partial charge in [0, 0.05) is 18.2 Å². The molecule has 1 aromatic carbocycles. The first-order valence-electron chi connectivity index (χ1n) is 10.4. The molecule has 4 bridgehead atoms. The van der Waals surface area contributed by atoms with Crippen LogP contribution in [0.5, 0.6) is 11.5 Å². The average Bonchev–Trinajstić information content (AvgIpc) is 3.30. The van der Waals surface area contributed by atoms with Crippen molar-refractivity contribution in [3.8, 4) is 11.5 Å². The van der Waals surface area contributed by atoms with Crippen molar-refractivity contribution in [3.05, 3.63) is 23.3 Å². The topological polar surface area (TPSA) is 30.9 Å². The molecule has 6 atom stereocenters. The quantitative estimate of drug-likeness (QED) is 0.829. The first-order chi connectivity index (χ1) is 12.6. The van der Waals surface area contributed by atoms with Crippen molar-refractivity contribution in [3.63, 3.8) is 0 Å². The molecule has 2 spiro atoms. The fraction of sp³-hybridized carbons (Fsp3) is 0.727. The summed E-state index contributed by atoms with van der Waals surface area (Å²) in [6.45, 7) is 7.05. The first kappa shape index (κ1) is 15.8. The van der Waals surface area contributed by atoms with Crippen LogP contribution in [0.25, 0.3) is 0 Å². The van der Waals surface area contributed by atoms with Crippen molar-refractivity contribution in [2.45, 2.75) is 75.2 Å². The van der Waals surface area contributed by atoms with Crippen LogP contribution < -0.4 is 9.47 Å². The SMILES string of the molecule is CCC(C)CN1CC[C@@]23c4c5ccc(OC)c4OC2[C@@H]2CC[C@]3(O2)[C@@H]1C5. The lowest BCUT2D eigenvalue weighted by Crippen LogP contribution is -2.71. The van der Waals surface area contributed by atoms with E-state index in [-0.39, 0.29) is 23.2 Å². The largest absolute Gasteiger partial charge is 0.493 e. The summed E-state index contributed by atoms with van der Waals surface area (Å²) in [6, 6.07) is 4.90. The molecule has 0 amide bonds. The van der Waals surface area contributed by atoms with Crippen molar-refractivity contribution in [1.29, 1.82) is 0 Å². The summed E-state index contributed by atoms with van der Waals surface area (Å²) in [5.41, 5.74) is 2.94. The maximum Gasteiger partial charge on any atom is 0.166 e. The molecule has 5 aliphatic rings. The van der Waals surface area contributed by atoms with Crippen LogP contribution in [0.2, 0.25) is 0 Å². The Balaban J connectivity index is 1.54. The fourth-order valence-electron chi connectivity index (χ4n) is 7.09. The van der Waals surface area contributed by atoms with Crippen LogP contribution in [-0.2, 0) is 16.6 Å². The van der Waals surface area contributed by atoms with Crippen LogP contribution in [0, 0.1) is 5.92 Å². The number of ether oxygens (including phenoxy) is 3. The van der Waals surface area contributed by atoms with Gasteiger partial charge in [0.15, 0.2) is 11.5 Å². The van der Waals surface area contributed by atoms with Crippen molar-refractivity contribution >= 4 is 0 Å². The molecule has 0 aromatic heterocycles. The van der Waals surface area contributed by atoms with Gasteiger partial charge >= 0.3 is 0 Å². The number of piperidine rings is 1. The highest BCUT2D eigenvalue weighted by molar-refractivity contribution is 5.64. The van der Waals surface area contributed by atoms with E-state index in [2.05, 4.69) is 30.9 Å². The number of likely N-dealkylation sites (tertiary alicyclic amines) is 1. The highest BCUT2D eigenvalue weighted by atomic mass is 16.6. The molecule has 6 rings (SSSR count). The molecule has 3 saturated heterocycles. The molecule has 1 aromatic rings.